The number of nitrogens with zero attached hydrogens (tertiary/aromatic N) is 3. The minimum atomic E-state index is -3.58. The first-order chi connectivity index (χ1) is 8.93. The molecule has 0 amide bonds. The van der Waals surface area contributed by atoms with E-state index in [0.717, 1.165) is 25.9 Å². The van der Waals surface area contributed by atoms with E-state index in [-0.39, 0.29) is 16.0 Å². The van der Waals surface area contributed by atoms with Crippen molar-refractivity contribution < 1.29 is 8.42 Å². The number of hydrogen-bond acceptors (Lipinski definition) is 4. The second-order valence-electron chi connectivity index (χ2n) is 4.89. The third-order valence-electron chi connectivity index (χ3n) is 3.50. The number of rotatable bonds is 3. The third kappa shape index (κ3) is 3.08. The number of halogens is 1. The standard InChI is InChI=1S/C12H18ClN3O2S/c1-15-7-3-4-10(9-15)16(2)19(17,18)12-8-14-6-5-11(12)13/h5-6,8,10H,3-4,7,9H2,1-2H3. The number of sulfonamides is 1. The zero-order chi connectivity index (χ0) is 14.0. The maximum absolute atomic E-state index is 12.5. The van der Waals surface area contributed by atoms with Crippen molar-refractivity contribution in [1.29, 1.82) is 0 Å². The Hall–Kier alpha value is -0.690. The second-order valence-corrected chi connectivity index (χ2v) is 7.26. The number of hydrogen-bond donors (Lipinski definition) is 0. The quantitative estimate of drug-likeness (QED) is 0.848. The van der Waals surface area contributed by atoms with Crippen LogP contribution in [0, 0.1) is 0 Å². The molecule has 5 nitrogen and oxygen atoms in total. The Labute approximate surface area is 119 Å². The highest BCUT2D eigenvalue weighted by Crippen LogP contribution is 2.25. The highest BCUT2D eigenvalue weighted by atomic mass is 35.5. The molecule has 1 saturated heterocycles. The Morgan fingerprint density at radius 1 is 1.53 bits per heavy atom. The first-order valence-corrected chi connectivity index (χ1v) is 8.01. The van der Waals surface area contributed by atoms with Crippen molar-refractivity contribution in [3.8, 4) is 0 Å². The first kappa shape index (κ1) is 14.7. The lowest BCUT2D eigenvalue weighted by atomic mass is 10.1. The van der Waals surface area contributed by atoms with E-state index in [1.165, 1.54) is 22.8 Å². The van der Waals surface area contributed by atoms with Crippen LogP contribution in [0.1, 0.15) is 12.8 Å². The Morgan fingerprint density at radius 3 is 2.89 bits per heavy atom. The number of likely N-dealkylation sites (tertiary alicyclic amines) is 1. The Bertz CT molecular complexity index is 550. The summed E-state index contributed by atoms with van der Waals surface area (Å²) in [4.78, 5) is 6.07. The summed E-state index contributed by atoms with van der Waals surface area (Å²) in [6, 6.07) is 1.48. The monoisotopic (exact) mass is 303 g/mol. The lowest BCUT2D eigenvalue weighted by Gasteiger charge is -2.35. The zero-order valence-electron chi connectivity index (χ0n) is 11.1. The summed E-state index contributed by atoms with van der Waals surface area (Å²) in [6.07, 6.45) is 4.66. The van der Waals surface area contributed by atoms with Crippen LogP contribution in [0.3, 0.4) is 0 Å². The summed E-state index contributed by atoms with van der Waals surface area (Å²) in [6.45, 7) is 1.76. The van der Waals surface area contributed by atoms with Gasteiger partial charge < -0.3 is 4.90 Å². The number of likely N-dealkylation sites (N-methyl/N-ethyl adjacent to an activating group) is 2. The SMILES string of the molecule is CN1CCCC(N(C)S(=O)(=O)c2cnccc2Cl)C1. The topological polar surface area (TPSA) is 53.5 Å². The normalized spacial score (nSPS) is 21.8. The van der Waals surface area contributed by atoms with E-state index < -0.39 is 10.0 Å². The number of aromatic nitrogens is 1. The first-order valence-electron chi connectivity index (χ1n) is 6.19. The largest absolute Gasteiger partial charge is 0.305 e. The molecule has 1 atom stereocenters. The highest BCUT2D eigenvalue weighted by molar-refractivity contribution is 7.89. The smallest absolute Gasteiger partial charge is 0.246 e. The predicted molar refractivity (Wildman–Crippen MR) is 74.7 cm³/mol. The minimum absolute atomic E-state index is 0.0139. The van der Waals surface area contributed by atoms with Crippen LogP contribution in [0.5, 0.6) is 0 Å². The van der Waals surface area contributed by atoms with Crippen LogP contribution in [0.4, 0.5) is 0 Å². The molecule has 0 aliphatic carbocycles. The average molecular weight is 304 g/mol. The van der Waals surface area contributed by atoms with E-state index in [9.17, 15) is 8.42 Å². The molecule has 19 heavy (non-hydrogen) atoms. The molecule has 7 heteroatoms. The van der Waals surface area contributed by atoms with Crippen LogP contribution in [-0.4, -0.2) is 55.8 Å². The van der Waals surface area contributed by atoms with Gasteiger partial charge in [0.1, 0.15) is 4.90 Å². The lowest BCUT2D eigenvalue weighted by Crippen LogP contribution is -2.47. The van der Waals surface area contributed by atoms with Crippen molar-refractivity contribution in [3.63, 3.8) is 0 Å². The van der Waals surface area contributed by atoms with Gasteiger partial charge in [-0.25, -0.2) is 8.42 Å². The van der Waals surface area contributed by atoms with Crippen LogP contribution < -0.4 is 0 Å². The van der Waals surface area contributed by atoms with E-state index >= 15 is 0 Å². The Kier molecular flexibility index (Phi) is 4.45. The van der Waals surface area contributed by atoms with Gasteiger partial charge in [0.2, 0.25) is 10.0 Å². The van der Waals surface area contributed by atoms with Gasteiger partial charge in [-0.15, -0.1) is 0 Å². The highest BCUT2D eigenvalue weighted by Gasteiger charge is 2.31. The van der Waals surface area contributed by atoms with Crippen molar-refractivity contribution in [1.82, 2.24) is 14.2 Å². The predicted octanol–water partition coefficient (Wildman–Crippen LogP) is 1.45. The second kappa shape index (κ2) is 5.75. The molecule has 1 unspecified atom stereocenters. The molecule has 2 heterocycles. The van der Waals surface area contributed by atoms with Crippen LogP contribution in [0.25, 0.3) is 0 Å². The molecule has 1 aliphatic rings. The molecule has 0 aromatic carbocycles. The van der Waals surface area contributed by atoms with Crippen LogP contribution in [0.2, 0.25) is 5.02 Å². The lowest BCUT2D eigenvalue weighted by molar-refractivity contribution is 0.187. The molecule has 1 aromatic rings. The van der Waals surface area contributed by atoms with Gasteiger partial charge in [-0.3, -0.25) is 4.98 Å². The fraction of sp³-hybridized carbons (Fsp3) is 0.583. The third-order valence-corrected chi connectivity index (χ3v) is 5.88. The zero-order valence-corrected chi connectivity index (χ0v) is 12.7. The fourth-order valence-corrected chi connectivity index (χ4v) is 4.12. The van der Waals surface area contributed by atoms with Crippen molar-refractivity contribution >= 4 is 21.6 Å². The molecule has 1 aromatic heterocycles. The molecule has 0 radical (unpaired) electrons. The molecule has 2 rings (SSSR count). The van der Waals surface area contributed by atoms with E-state index in [0.29, 0.717) is 0 Å². The summed E-state index contributed by atoms with van der Waals surface area (Å²) in [5.41, 5.74) is 0. The van der Waals surface area contributed by atoms with Gasteiger partial charge in [0.25, 0.3) is 0 Å². The molecule has 0 N–H and O–H groups in total. The van der Waals surface area contributed by atoms with Gasteiger partial charge in [0, 0.05) is 32.0 Å². The molecule has 0 spiro atoms. The molecule has 0 saturated carbocycles. The molecular weight excluding hydrogens is 286 g/mol. The van der Waals surface area contributed by atoms with Gasteiger partial charge in [0.05, 0.1) is 5.02 Å². The van der Waals surface area contributed by atoms with Crippen molar-refractivity contribution in [2.24, 2.45) is 0 Å². The molecule has 0 bridgehead atoms. The van der Waals surface area contributed by atoms with Gasteiger partial charge in [-0.2, -0.15) is 4.31 Å². The molecule has 1 aliphatic heterocycles. The molecular formula is C12H18ClN3O2S. The summed E-state index contributed by atoms with van der Waals surface area (Å²) in [5, 5.41) is 0.214. The van der Waals surface area contributed by atoms with E-state index in [1.54, 1.807) is 7.05 Å². The van der Waals surface area contributed by atoms with E-state index in [1.807, 2.05) is 7.05 Å². The van der Waals surface area contributed by atoms with Crippen molar-refractivity contribution in [3.05, 3.63) is 23.5 Å². The maximum Gasteiger partial charge on any atom is 0.246 e. The van der Waals surface area contributed by atoms with Gasteiger partial charge in [0.15, 0.2) is 0 Å². The fourth-order valence-electron chi connectivity index (χ4n) is 2.34. The van der Waals surface area contributed by atoms with Gasteiger partial charge in [-0.1, -0.05) is 11.6 Å². The minimum Gasteiger partial charge on any atom is -0.305 e. The van der Waals surface area contributed by atoms with E-state index in [2.05, 4.69) is 9.88 Å². The summed E-state index contributed by atoms with van der Waals surface area (Å²) < 4.78 is 26.5. The number of piperidine rings is 1. The van der Waals surface area contributed by atoms with Crippen molar-refractivity contribution in [2.45, 2.75) is 23.8 Å². The van der Waals surface area contributed by atoms with Gasteiger partial charge >= 0.3 is 0 Å². The summed E-state index contributed by atoms with van der Waals surface area (Å²) >= 11 is 5.96. The number of pyridine rings is 1. The van der Waals surface area contributed by atoms with Crippen LogP contribution in [-0.2, 0) is 10.0 Å². The maximum atomic E-state index is 12.5. The van der Waals surface area contributed by atoms with Crippen molar-refractivity contribution in [2.75, 3.05) is 27.2 Å². The Morgan fingerprint density at radius 2 is 2.26 bits per heavy atom. The van der Waals surface area contributed by atoms with Crippen LogP contribution >= 0.6 is 11.6 Å². The molecule has 1 fully saturated rings. The Balaban J connectivity index is 2.27. The molecule has 106 valence electrons. The summed E-state index contributed by atoms with van der Waals surface area (Å²) in [7, 11) is 0.0367. The van der Waals surface area contributed by atoms with Crippen LogP contribution in [0.15, 0.2) is 23.4 Å². The van der Waals surface area contributed by atoms with E-state index in [4.69, 9.17) is 11.6 Å². The average Bonchev–Trinajstić information content (AvgIpc) is 2.38. The van der Waals surface area contributed by atoms with Gasteiger partial charge in [-0.05, 0) is 32.5 Å². The summed E-state index contributed by atoms with van der Waals surface area (Å²) in [5.74, 6) is 0.